The van der Waals surface area contributed by atoms with E-state index in [1.54, 1.807) is 19.5 Å². The van der Waals surface area contributed by atoms with Crippen molar-refractivity contribution >= 4 is 29.1 Å². The van der Waals surface area contributed by atoms with Crippen LogP contribution in [0.5, 0.6) is 5.75 Å². The Morgan fingerprint density at radius 2 is 1.96 bits per heavy atom. The lowest BCUT2D eigenvalue weighted by Crippen LogP contribution is -1.97. The summed E-state index contributed by atoms with van der Waals surface area (Å²) in [5, 5.41) is 0.774. The van der Waals surface area contributed by atoms with Crippen molar-refractivity contribution in [1.29, 1.82) is 0 Å². The third kappa shape index (κ3) is 3.11. The lowest BCUT2D eigenvalue weighted by atomic mass is 10.1. The van der Waals surface area contributed by atoms with Crippen molar-refractivity contribution < 1.29 is 9.15 Å². The number of nitrogens with zero attached hydrogens (tertiary/aromatic N) is 4. The number of benzene rings is 1. The average molecular weight is 375 g/mol. The van der Waals surface area contributed by atoms with Crippen molar-refractivity contribution in [3.8, 4) is 11.4 Å². The first-order valence-corrected chi connectivity index (χ1v) is 8.86. The van der Waals surface area contributed by atoms with Gasteiger partial charge in [0.1, 0.15) is 17.3 Å². The third-order valence-electron chi connectivity index (χ3n) is 4.69. The van der Waals surface area contributed by atoms with Gasteiger partial charge in [0, 0.05) is 11.8 Å². The van der Waals surface area contributed by atoms with Crippen LogP contribution in [0.4, 0.5) is 5.82 Å². The quantitative estimate of drug-likeness (QED) is 0.577. The summed E-state index contributed by atoms with van der Waals surface area (Å²) in [7, 11) is 1.65. The van der Waals surface area contributed by atoms with E-state index < -0.39 is 0 Å². The van der Waals surface area contributed by atoms with E-state index in [4.69, 9.17) is 14.9 Å². The molecule has 3 heterocycles. The van der Waals surface area contributed by atoms with Crippen LogP contribution >= 0.6 is 0 Å². The molecular formula is C21H21N5O2. The Balaban J connectivity index is 1.67. The molecule has 0 fully saturated rings. The van der Waals surface area contributed by atoms with Gasteiger partial charge in [-0.2, -0.15) is 4.98 Å². The minimum Gasteiger partial charge on any atom is -0.495 e. The molecule has 0 atom stereocenters. The first kappa shape index (κ1) is 17.8. The number of fused-ring (bicyclic) bond motifs is 1. The molecule has 0 saturated carbocycles. The molecule has 7 heteroatoms. The van der Waals surface area contributed by atoms with Crippen LogP contribution in [0, 0.1) is 20.8 Å². The van der Waals surface area contributed by atoms with Gasteiger partial charge in [-0.3, -0.25) is 0 Å². The van der Waals surface area contributed by atoms with Gasteiger partial charge >= 0.3 is 0 Å². The average Bonchev–Trinajstić information content (AvgIpc) is 3.23. The second kappa shape index (κ2) is 6.84. The second-order valence-corrected chi connectivity index (χ2v) is 6.62. The number of rotatable bonds is 4. The molecule has 4 rings (SSSR count). The highest BCUT2D eigenvalue weighted by Gasteiger charge is 2.13. The molecule has 4 aromatic rings. The zero-order chi connectivity index (χ0) is 19.8. The predicted molar refractivity (Wildman–Crippen MR) is 109 cm³/mol. The molecule has 0 aliphatic heterocycles. The Morgan fingerprint density at radius 3 is 2.68 bits per heavy atom. The highest BCUT2D eigenvalue weighted by molar-refractivity contribution is 5.89. The summed E-state index contributed by atoms with van der Waals surface area (Å²) >= 11 is 0. The van der Waals surface area contributed by atoms with E-state index in [9.17, 15) is 0 Å². The SMILES string of the molecule is COc1cc(/C=C/c2nc(N)c3c(C)c(C)oc3n2)ccc1-n1cnc(C)c1. The largest absolute Gasteiger partial charge is 0.495 e. The maximum Gasteiger partial charge on any atom is 0.232 e. The van der Waals surface area contributed by atoms with Gasteiger partial charge in [-0.1, -0.05) is 12.1 Å². The molecule has 0 saturated heterocycles. The van der Waals surface area contributed by atoms with Gasteiger partial charge in [0.2, 0.25) is 5.71 Å². The van der Waals surface area contributed by atoms with E-state index in [0.717, 1.165) is 39.4 Å². The molecule has 7 nitrogen and oxygen atoms in total. The van der Waals surface area contributed by atoms with Gasteiger partial charge in [-0.25, -0.2) is 9.97 Å². The Bertz CT molecular complexity index is 1200. The number of aryl methyl sites for hydroxylation is 3. The van der Waals surface area contributed by atoms with Crippen LogP contribution in [0.15, 0.2) is 35.1 Å². The molecule has 0 aliphatic rings. The molecule has 142 valence electrons. The molecule has 2 N–H and O–H groups in total. The number of anilines is 1. The van der Waals surface area contributed by atoms with E-state index in [0.29, 0.717) is 17.4 Å². The Morgan fingerprint density at radius 1 is 1.14 bits per heavy atom. The number of hydrogen-bond acceptors (Lipinski definition) is 6. The molecular weight excluding hydrogens is 354 g/mol. The van der Waals surface area contributed by atoms with Crippen molar-refractivity contribution in [2.24, 2.45) is 0 Å². The summed E-state index contributed by atoms with van der Waals surface area (Å²) < 4.78 is 13.2. The van der Waals surface area contributed by atoms with Crippen LogP contribution in [0.2, 0.25) is 0 Å². The van der Waals surface area contributed by atoms with Gasteiger partial charge in [-0.15, -0.1) is 0 Å². The number of furan rings is 1. The molecule has 0 radical (unpaired) electrons. The monoisotopic (exact) mass is 375 g/mol. The number of aromatic nitrogens is 4. The van der Waals surface area contributed by atoms with E-state index in [1.807, 2.05) is 55.8 Å². The fourth-order valence-electron chi connectivity index (χ4n) is 3.11. The van der Waals surface area contributed by atoms with Crippen LogP contribution in [0.3, 0.4) is 0 Å². The van der Waals surface area contributed by atoms with Crippen molar-refractivity contribution in [2.75, 3.05) is 12.8 Å². The van der Waals surface area contributed by atoms with Gasteiger partial charge in [-0.05, 0) is 44.5 Å². The number of nitrogen functional groups attached to an aromatic ring is 1. The van der Waals surface area contributed by atoms with Crippen LogP contribution in [0.25, 0.3) is 28.9 Å². The van der Waals surface area contributed by atoms with Gasteiger partial charge in [0.05, 0.1) is 30.2 Å². The van der Waals surface area contributed by atoms with Crippen molar-refractivity contribution in [3.63, 3.8) is 0 Å². The summed E-state index contributed by atoms with van der Waals surface area (Å²) in [6.07, 6.45) is 7.43. The molecule has 0 amide bonds. The normalized spacial score (nSPS) is 11.6. The summed E-state index contributed by atoms with van der Waals surface area (Å²) in [5.74, 6) is 2.45. The molecule has 0 aliphatic carbocycles. The Labute approximate surface area is 162 Å². The smallest absolute Gasteiger partial charge is 0.232 e. The van der Waals surface area contributed by atoms with Crippen LogP contribution in [-0.2, 0) is 0 Å². The van der Waals surface area contributed by atoms with E-state index >= 15 is 0 Å². The van der Waals surface area contributed by atoms with E-state index in [1.165, 1.54) is 0 Å². The maximum atomic E-state index is 6.10. The predicted octanol–water partition coefficient (Wildman–Crippen LogP) is 4.09. The van der Waals surface area contributed by atoms with Gasteiger partial charge < -0.3 is 19.5 Å². The third-order valence-corrected chi connectivity index (χ3v) is 4.69. The molecule has 0 bridgehead atoms. The number of hydrogen-bond donors (Lipinski definition) is 1. The molecule has 3 aromatic heterocycles. The summed E-state index contributed by atoms with van der Waals surface area (Å²) in [6, 6.07) is 5.92. The zero-order valence-corrected chi connectivity index (χ0v) is 16.2. The van der Waals surface area contributed by atoms with Crippen molar-refractivity contribution in [1.82, 2.24) is 19.5 Å². The molecule has 28 heavy (non-hydrogen) atoms. The highest BCUT2D eigenvalue weighted by Crippen LogP contribution is 2.28. The standard InChI is InChI=1S/C21H21N5O2/c1-12-10-26(11-23-12)16-7-5-15(9-17(16)27-4)6-8-18-24-20(22)19-13(2)14(3)28-21(19)25-18/h5-11H,1-4H3,(H2,22,24,25)/b8-6+. The number of methoxy groups -OCH3 is 1. The van der Waals surface area contributed by atoms with Crippen LogP contribution < -0.4 is 10.5 Å². The topological polar surface area (TPSA) is 92.0 Å². The molecule has 1 aromatic carbocycles. The molecule has 0 unspecified atom stereocenters. The van der Waals surface area contributed by atoms with Gasteiger partial charge in [0.25, 0.3) is 0 Å². The number of imidazole rings is 1. The fourth-order valence-corrected chi connectivity index (χ4v) is 3.11. The summed E-state index contributed by atoms with van der Waals surface area (Å²) in [6.45, 7) is 5.79. The van der Waals surface area contributed by atoms with Gasteiger partial charge in [0.15, 0.2) is 5.82 Å². The van der Waals surface area contributed by atoms with Crippen molar-refractivity contribution in [2.45, 2.75) is 20.8 Å². The lowest BCUT2D eigenvalue weighted by molar-refractivity contribution is 0.413. The number of nitrogens with two attached hydrogens (primary N) is 1. The highest BCUT2D eigenvalue weighted by atomic mass is 16.5. The second-order valence-electron chi connectivity index (χ2n) is 6.62. The first-order valence-electron chi connectivity index (χ1n) is 8.86. The minimum absolute atomic E-state index is 0.419. The Kier molecular flexibility index (Phi) is 4.35. The zero-order valence-electron chi connectivity index (χ0n) is 16.2. The first-order chi connectivity index (χ1) is 13.5. The fraction of sp³-hybridized carbons (Fsp3) is 0.190. The van der Waals surface area contributed by atoms with Crippen LogP contribution in [-0.4, -0.2) is 26.6 Å². The van der Waals surface area contributed by atoms with E-state index in [2.05, 4.69) is 15.0 Å². The number of ether oxygens (including phenoxy) is 1. The molecule has 0 spiro atoms. The van der Waals surface area contributed by atoms with Crippen molar-refractivity contribution in [3.05, 3.63) is 59.1 Å². The maximum absolute atomic E-state index is 6.10. The summed E-state index contributed by atoms with van der Waals surface area (Å²) in [5.41, 5.74) is 10.4. The minimum atomic E-state index is 0.419. The summed E-state index contributed by atoms with van der Waals surface area (Å²) in [4.78, 5) is 13.1. The van der Waals surface area contributed by atoms with Crippen LogP contribution in [0.1, 0.15) is 28.4 Å². The van der Waals surface area contributed by atoms with E-state index in [-0.39, 0.29) is 0 Å². The Hall–Kier alpha value is -3.61. The lowest BCUT2D eigenvalue weighted by Gasteiger charge is -2.09.